The first-order valence-corrected chi connectivity index (χ1v) is 27.9. The molecule has 14 aromatic rings. The minimum absolute atomic E-state index is 0.192. The summed E-state index contributed by atoms with van der Waals surface area (Å²) in [5, 5.41) is 15.5. The summed E-state index contributed by atoms with van der Waals surface area (Å²) in [5.41, 5.74) is 19.6. The number of hydrogen-bond acceptors (Lipinski definition) is 2. The van der Waals surface area contributed by atoms with E-state index in [9.17, 15) is 0 Å². The highest BCUT2D eigenvalue weighted by atomic mass is 15.1. The molecule has 14 aromatic carbocycles. The topological polar surface area (TPSA) is 6.48 Å². The summed E-state index contributed by atoms with van der Waals surface area (Å²) in [6, 6.07) is 91.7. The summed E-state index contributed by atoms with van der Waals surface area (Å²) in [6.07, 6.45) is 3.49. The molecule has 1 aliphatic carbocycles. The molecule has 0 spiro atoms. The van der Waals surface area contributed by atoms with E-state index in [1.54, 1.807) is 0 Å². The summed E-state index contributed by atoms with van der Waals surface area (Å²) in [4.78, 5) is 4.89. The summed E-state index contributed by atoms with van der Waals surface area (Å²) < 4.78 is 0. The van der Waals surface area contributed by atoms with Gasteiger partial charge in [-0.2, -0.15) is 0 Å². The molecule has 0 fully saturated rings. The van der Waals surface area contributed by atoms with Crippen LogP contribution in [0.1, 0.15) is 55.9 Å². The number of hydrogen-bond donors (Lipinski definition) is 0. The Morgan fingerprint density at radius 1 is 0.346 bits per heavy atom. The molecule has 0 unspecified atom stereocenters. The molecule has 0 amide bonds. The molecule has 0 aliphatic heterocycles. The number of rotatable bonds is 11. The number of aryl methyl sites for hydroxylation is 2. The average Bonchev–Trinajstić information content (AvgIpc) is 3.88. The van der Waals surface area contributed by atoms with Gasteiger partial charge in [-0.3, -0.25) is 0 Å². The SMILES string of the molecule is CCCCc1ccc(N(c2ccc(-c3ccc4c(c3)C(C)(C)c3cc(-c5ccc(N(c6ccc(C)cc6)c6ccc7ccc8cccc9ccc6c7c89)cc5)ccc3-4)cc2)c2ccc3ccc4cccc5ccc2c3c45)cc1. The van der Waals surface area contributed by atoms with Crippen LogP contribution in [-0.4, -0.2) is 0 Å². The minimum Gasteiger partial charge on any atom is -0.310 e. The quantitative estimate of drug-likeness (QED) is 0.119. The fraction of sp³-hybridized carbons (Fsp3) is 0.105. The van der Waals surface area contributed by atoms with Crippen LogP contribution in [-0.2, 0) is 11.8 Å². The number of unbranched alkanes of at least 4 members (excludes halogenated alkanes) is 1. The van der Waals surface area contributed by atoms with Crippen LogP contribution >= 0.6 is 0 Å². The molecule has 0 bridgehead atoms. The van der Waals surface area contributed by atoms with E-state index < -0.39 is 0 Å². The molecular weight excluding hydrogens is 941 g/mol. The fourth-order valence-electron chi connectivity index (χ4n) is 13.3. The van der Waals surface area contributed by atoms with Gasteiger partial charge in [-0.1, -0.05) is 203 Å². The van der Waals surface area contributed by atoms with Gasteiger partial charge in [-0.25, -0.2) is 0 Å². The van der Waals surface area contributed by atoms with Gasteiger partial charge in [-0.15, -0.1) is 0 Å². The maximum atomic E-state index is 2.46. The Morgan fingerprint density at radius 3 is 1.13 bits per heavy atom. The maximum Gasteiger partial charge on any atom is 0.0540 e. The Labute approximate surface area is 456 Å². The lowest BCUT2D eigenvalue weighted by atomic mass is 9.81. The lowest BCUT2D eigenvalue weighted by Crippen LogP contribution is -2.15. The highest BCUT2D eigenvalue weighted by Crippen LogP contribution is 2.52. The molecule has 0 saturated heterocycles. The van der Waals surface area contributed by atoms with E-state index in [1.807, 2.05) is 0 Å². The molecule has 0 heterocycles. The van der Waals surface area contributed by atoms with E-state index in [4.69, 9.17) is 0 Å². The summed E-state index contributed by atoms with van der Waals surface area (Å²) in [6.45, 7) is 9.22. The highest BCUT2D eigenvalue weighted by molar-refractivity contribution is 6.27. The Balaban J connectivity index is 0.752. The zero-order valence-electron chi connectivity index (χ0n) is 44.6. The molecule has 0 saturated carbocycles. The molecule has 78 heavy (non-hydrogen) atoms. The zero-order valence-corrected chi connectivity index (χ0v) is 44.6. The molecule has 372 valence electrons. The molecule has 1 aliphatic rings. The van der Waals surface area contributed by atoms with Crippen LogP contribution in [0, 0.1) is 6.92 Å². The van der Waals surface area contributed by atoms with E-state index in [1.165, 1.54) is 144 Å². The van der Waals surface area contributed by atoms with Gasteiger partial charge in [0.2, 0.25) is 0 Å². The molecule has 0 atom stereocenters. The van der Waals surface area contributed by atoms with Crippen molar-refractivity contribution >= 4 is 98.8 Å². The molecular formula is C76H58N2. The van der Waals surface area contributed by atoms with E-state index in [0.29, 0.717) is 0 Å². The van der Waals surface area contributed by atoms with Crippen molar-refractivity contribution < 1.29 is 0 Å². The van der Waals surface area contributed by atoms with Crippen LogP contribution < -0.4 is 9.80 Å². The van der Waals surface area contributed by atoms with Crippen molar-refractivity contribution in [1.29, 1.82) is 0 Å². The number of benzene rings is 14. The average molecular weight is 999 g/mol. The van der Waals surface area contributed by atoms with Crippen molar-refractivity contribution in [2.75, 3.05) is 9.80 Å². The lowest BCUT2D eigenvalue weighted by Gasteiger charge is -2.28. The van der Waals surface area contributed by atoms with Crippen molar-refractivity contribution in [1.82, 2.24) is 0 Å². The highest BCUT2D eigenvalue weighted by Gasteiger charge is 2.36. The summed E-state index contributed by atoms with van der Waals surface area (Å²) in [5.74, 6) is 0. The van der Waals surface area contributed by atoms with Gasteiger partial charge < -0.3 is 9.80 Å². The third kappa shape index (κ3) is 7.31. The van der Waals surface area contributed by atoms with E-state index in [-0.39, 0.29) is 5.41 Å². The van der Waals surface area contributed by atoms with Gasteiger partial charge in [0.1, 0.15) is 0 Å². The Kier molecular flexibility index (Phi) is 10.6. The van der Waals surface area contributed by atoms with E-state index in [2.05, 4.69) is 280 Å². The summed E-state index contributed by atoms with van der Waals surface area (Å²) in [7, 11) is 0. The van der Waals surface area contributed by atoms with Gasteiger partial charge >= 0.3 is 0 Å². The second kappa shape index (κ2) is 17.9. The maximum absolute atomic E-state index is 2.46. The molecule has 2 nitrogen and oxygen atoms in total. The van der Waals surface area contributed by atoms with Gasteiger partial charge in [0.15, 0.2) is 0 Å². The van der Waals surface area contributed by atoms with Crippen molar-refractivity contribution in [3.8, 4) is 33.4 Å². The number of fused-ring (bicyclic) bond motifs is 3. The van der Waals surface area contributed by atoms with Gasteiger partial charge in [0.25, 0.3) is 0 Å². The third-order valence-corrected chi connectivity index (χ3v) is 17.4. The zero-order chi connectivity index (χ0) is 52.2. The standard InChI is InChI=1S/C76H58N2/c1-5-6-9-49-16-34-61(35-17-49)78(71-45-31-57-21-19-53-11-8-13-55-27-43-67(71)75(57)73(53)55)63-38-24-51(25-39-63)59-29-41-65-64-40-28-58(46-68(64)76(3,4)69(65)47-59)50-22-36-62(37-23-50)77(60-32-14-48(2)15-33-60)70-44-30-56-20-18-52-10-7-12-54-26-42-66(70)74(56)72(52)54/h7-8,10-47H,5-6,9H2,1-4H3. The Hall–Kier alpha value is -9.24. The normalized spacial score (nSPS) is 12.9. The third-order valence-electron chi connectivity index (χ3n) is 17.4. The second-order valence-corrected chi connectivity index (χ2v) is 22.4. The van der Waals surface area contributed by atoms with Crippen LogP contribution in [0.3, 0.4) is 0 Å². The predicted molar refractivity (Wildman–Crippen MR) is 335 cm³/mol. The predicted octanol–water partition coefficient (Wildman–Crippen LogP) is 21.7. The van der Waals surface area contributed by atoms with Crippen molar-refractivity contribution in [3.63, 3.8) is 0 Å². The molecule has 2 heteroatoms. The lowest BCUT2D eigenvalue weighted by molar-refractivity contribution is 0.661. The molecule has 15 rings (SSSR count). The van der Waals surface area contributed by atoms with Crippen molar-refractivity contribution in [3.05, 3.63) is 265 Å². The number of anilines is 6. The van der Waals surface area contributed by atoms with Crippen LogP contribution in [0.5, 0.6) is 0 Å². The largest absolute Gasteiger partial charge is 0.310 e. The van der Waals surface area contributed by atoms with Crippen LogP contribution in [0.25, 0.3) is 98.0 Å². The Morgan fingerprint density at radius 2 is 0.705 bits per heavy atom. The first kappa shape index (κ1) is 46.1. The second-order valence-electron chi connectivity index (χ2n) is 22.4. The number of nitrogens with zero attached hydrogens (tertiary/aromatic N) is 2. The first-order valence-electron chi connectivity index (χ1n) is 27.9. The summed E-state index contributed by atoms with van der Waals surface area (Å²) >= 11 is 0. The van der Waals surface area contributed by atoms with Crippen molar-refractivity contribution in [2.45, 2.75) is 52.4 Å². The fourth-order valence-corrected chi connectivity index (χ4v) is 13.3. The first-order chi connectivity index (χ1) is 38.3. The van der Waals surface area contributed by atoms with Crippen LogP contribution in [0.4, 0.5) is 34.1 Å². The van der Waals surface area contributed by atoms with Crippen LogP contribution in [0.15, 0.2) is 243 Å². The van der Waals surface area contributed by atoms with Crippen molar-refractivity contribution in [2.24, 2.45) is 0 Å². The molecule has 0 radical (unpaired) electrons. The molecule has 0 N–H and O–H groups in total. The Bertz CT molecular complexity index is 4570. The van der Waals surface area contributed by atoms with Gasteiger partial charge in [0.05, 0.1) is 11.4 Å². The van der Waals surface area contributed by atoms with E-state index in [0.717, 1.165) is 29.2 Å². The monoisotopic (exact) mass is 998 g/mol. The molecule has 0 aromatic heterocycles. The van der Waals surface area contributed by atoms with Crippen LogP contribution in [0.2, 0.25) is 0 Å². The van der Waals surface area contributed by atoms with Gasteiger partial charge in [0, 0.05) is 38.9 Å². The minimum atomic E-state index is -0.192. The van der Waals surface area contributed by atoms with E-state index >= 15 is 0 Å². The van der Waals surface area contributed by atoms with Gasteiger partial charge in [-0.05, 0) is 196 Å². The smallest absolute Gasteiger partial charge is 0.0540 e.